The summed E-state index contributed by atoms with van der Waals surface area (Å²) in [5.74, 6) is 0.825. The van der Waals surface area contributed by atoms with E-state index in [1.54, 1.807) is 12.0 Å². The molecule has 1 aliphatic rings. The van der Waals surface area contributed by atoms with E-state index in [-0.39, 0.29) is 5.92 Å². The highest BCUT2D eigenvalue weighted by atomic mass is 19.4. The third kappa shape index (κ3) is 5.02. The Morgan fingerprint density at radius 1 is 1.46 bits per heavy atom. The Morgan fingerprint density at radius 3 is 2.83 bits per heavy atom. The molecule has 0 saturated carbocycles. The number of amides is 1. The van der Waals surface area contributed by atoms with Crippen molar-refractivity contribution in [2.75, 3.05) is 26.7 Å². The molecule has 1 amide bonds. The minimum absolute atomic E-state index is 0.108. The van der Waals surface area contributed by atoms with Crippen molar-refractivity contribution in [1.82, 2.24) is 4.90 Å². The zero-order valence-corrected chi connectivity index (χ0v) is 13.4. The summed E-state index contributed by atoms with van der Waals surface area (Å²) in [4.78, 5) is 12.4. The van der Waals surface area contributed by atoms with E-state index in [4.69, 9.17) is 10.5 Å². The average Bonchev–Trinajstić information content (AvgIpc) is 2.53. The van der Waals surface area contributed by atoms with Crippen molar-refractivity contribution in [1.29, 1.82) is 0 Å². The van der Waals surface area contributed by atoms with Crippen LogP contribution in [0.15, 0.2) is 24.3 Å². The number of carbonyl (C=O) groups excluding carboxylic acids is 1. The first-order valence-electron chi connectivity index (χ1n) is 7.68. The second-order valence-corrected chi connectivity index (χ2v) is 5.84. The largest absolute Gasteiger partial charge is 0.497 e. The van der Waals surface area contributed by atoms with Gasteiger partial charge in [0.2, 0.25) is 6.10 Å². The molecule has 2 rings (SSSR count). The van der Waals surface area contributed by atoms with Gasteiger partial charge in [-0.1, -0.05) is 12.1 Å². The third-order valence-corrected chi connectivity index (χ3v) is 4.12. The lowest BCUT2D eigenvalue weighted by Gasteiger charge is -2.35. The zero-order chi connectivity index (χ0) is 17.7. The maximum absolute atomic E-state index is 13.0. The van der Waals surface area contributed by atoms with Gasteiger partial charge >= 0.3 is 12.3 Å². The van der Waals surface area contributed by atoms with Crippen molar-refractivity contribution in [3.05, 3.63) is 29.8 Å². The maximum atomic E-state index is 13.0. The summed E-state index contributed by atoms with van der Waals surface area (Å²) >= 11 is 0. The van der Waals surface area contributed by atoms with E-state index in [1.165, 1.54) is 0 Å². The molecule has 0 radical (unpaired) electrons. The fourth-order valence-corrected chi connectivity index (χ4v) is 2.97. The third-order valence-electron chi connectivity index (χ3n) is 4.12. The van der Waals surface area contributed by atoms with Gasteiger partial charge in [-0.25, -0.2) is 4.79 Å². The van der Waals surface area contributed by atoms with Crippen molar-refractivity contribution in [3.63, 3.8) is 0 Å². The quantitative estimate of drug-likeness (QED) is 0.890. The molecule has 1 fully saturated rings. The topological polar surface area (TPSA) is 64.8 Å². The predicted molar refractivity (Wildman–Crippen MR) is 81.9 cm³/mol. The lowest BCUT2D eigenvalue weighted by Crippen LogP contribution is -2.47. The van der Waals surface area contributed by atoms with Crippen LogP contribution in [0.1, 0.15) is 24.3 Å². The Hall–Kier alpha value is -1.96. The molecule has 1 saturated heterocycles. The van der Waals surface area contributed by atoms with Crippen LogP contribution in [0.3, 0.4) is 0 Å². The fraction of sp³-hybridized carbons (Fsp3) is 0.562. The summed E-state index contributed by atoms with van der Waals surface area (Å²) in [6, 6.07) is 7.53. The molecular weight excluding hydrogens is 325 g/mol. The molecule has 134 valence electrons. The van der Waals surface area contributed by atoms with Gasteiger partial charge in [-0.05, 0) is 43.0 Å². The molecule has 1 heterocycles. The van der Waals surface area contributed by atoms with Crippen LogP contribution in [0, 0.1) is 0 Å². The van der Waals surface area contributed by atoms with E-state index >= 15 is 0 Å². The van der Waals surface area contributed by atoms with Gasteiger partial charge < -0.3 is 15.2 Å². The normalized spacial score (nSPS) is 20.4. The molecule has 1 aromatic carbocycles. The fourth-order valence-electron chi connectivity index (χ4n) is 2.97. The van der Waals surface area contributed by atoms with Gasteiger partial charge in [0, 0.05) is 13.1 Å². The number of nitrogens with two attached hydrogens (primary N) is 1. The SMILES string of the molecule is COc1cccc(C2CCCN(CC(OC(N)=O)C(F)(F)F)C2)c1. The van der Waals surface area contributed by atoms with Crippen LogP contribution in [0.25, 0.3) is 0 Å². The van der Waals surface area contributed by atoms with Gasteiger partial charge in [-0.15, -0.1) is 0 Å². The highest BCUT2D eigenvalue weighted by Gasteiger charge is 2.44. The highest BCUT2D eigenvalue weighted by Crippen LogP contribution is 2.31. The number of methoxy groups -OCH3 is 1. The van der Waals surface area contributed by atoms with Crippen LogP contribution < -0.4 is 10.5 Å². The standard InChI is InChI=1S/C16H21F3N2O3/c1-23-13-6-2-4-11(8-13)12-5-3-7-21(9-12)10-14(16(17,18)19)24-15(20)22/h2,4,6,8,12,14H,3,5,7,9-10H2,1H3,(H2,20,22). The van der Waals surface area contributed by atoms with Crippen LogP contribution in [-0.2, 0) is 4.74 Å². The summed E-state index contributed by atoms with van der Waals surface area (Å²) in [5.41, 5.74) is 5.78. The minimum atomic E-state index is -4.64. The maximum Gasteiger partial charge on any atom is 0.426 e. The van der Waals surface area contributed by atoms with Crippen LogP contribution in [0.4, 0.5) is 18.0 Å². The number of hydrogen-bond donors (Lipinski definition) is 1. The Balaban J connectivity index is 2.05. The van der Waals surface area contributed by atoms with E-state index in [0.29, 0.717) is 13.1 Å². The Morgan fingerprint density at radius 2 is 2.21 bits per heavy atom. The van der Waals surface area contributed by atoms with Crippen molar-refractivity contribution >= 4 is 6.09 Å². The first kappa shape index (κ1) is 18.4. The van der Waals surface area contributed by atoms with Crippen molar-refractivity contribution < 1.29 is 27.4 Å². The number of alkyl halides is 3. The molecule has 5 nitrogen and oxygen atoms in total. The number of carbonyl (C=O) groups is 1. The number of halogens is 3. The van der Waals surface area contributed by atoms with Crippen LogP contribution in [-0.4, -0.2) is 50.0 Å². The molecule has 2 unspecified atom stereocenters. The molecule has 0 bridgehead atoms. The number of likely N-dealkylation sites (tertiary alicyclic amines) is 1. The summed E-state index contributed by atoms with van der Waals surface area (Å²) in [5, 5.41) is 0. The van der Waals surface area contributed by atoms with Crippen molar-refractivity contribution in [2.24, 2.45) is 5.73 Å². The van der Waals surface area contributed by atoms with Crippen LogP contribution >= 0.6 is 0 Å². The number of ether oxygens (including phenoxy) is 2. The molecular formula is C16H21F3N2O3. The molecule has 2 atom stereocenters. The van der Waals surface area contributed by atoms with E-state index < -0.39 is 24.9 Å². The molecule has 0 spiro atoms. The molecule has 0 aromatic heterocycles. The second kappa shape index (κ2) is 7.74. The minimum Gasteiger partial charge on any atom is -0.497 e. The first-order valence-corrected chi connectivity index (χ1v) is 7.68. The predicted octanol–water partition coefficient (Wildman–Crippen LogP) is 2.90. The molecule has 8 heteroatoms. The Labute approximate surface area is 138 Å². The summed E-state index contributed by atoms with van der Waals surface area (Å²) < 4.78 is 48.4. The molecule has 1 aliphatic heterocycles. The van der Waals surface area contributed by atoms with E-state index in [1.807, 2.05) is 24.3 Å². The second-order valence-electron chi connectivity index (χ2n) is 5.84. The lowest BCUT2D eigenvalue weighted by molar-refractivity contribution is -0.207. The molecule has 2 N–H and O–H groups in total. The van der Waals surface area contributed by atoms with Crippen LogP contribution in [0.5, 0.6) is 5.75 Å². The van der Waals surface area contributed by atoms with E-state index in [9.17, 15) is 18.0 Å². The van der Waals surface area contributed by atoms with E-state index in [0.717, 1.165) is 24.2 Å². The highest BCUT2D eigenvalue weighted by molar-refractivity contribution is 5.64. The summed E-state index contributed by atoms with van der Waals surface area (Å²) in [6.45, 7) is 0.573. The number of piperidine rings is 1. The van der Waals surface area contributed by atoms with Gasteiger partial charge in [-0.3, -0.25) is 4.90 Å². The number of benzene rings is 1. The average molecular weight is 346 g/mol. The number of hydrogen-bond acceptors (Lipinski definition) is 4. The van der Waals surface area contributed by atoms with Crippen molar-refractivity contribution in [3.8, 4) is 5.75 Å². The van der Waals surface area contributed by atoms with Crippen LogP contribution in [0.2, 0.25) is 0 Å². The van der Waals surface area contributed by atoms with Crippen molar-refractivity contribution in [2.45, 2.75) is 31.0 Å². The molecule has 24 heavy (non-hydrogen) atoms. The number of rotatable bonds is 5. The molecule has 1 aromatic rings. The van der Waals surface area contributed by atoms with Gasteiger partial charge in [0.25, 0.3) is 0 Å². The lowest BCUT2D eigenvalue weighted by atomic mass is 9.90. The van der Waals surface area contributed by atoms with Gasteiger partial charge in [0.15, 0.2) is 0 Å². The summed E-state index contributed by atoms with van der Waals surface area (Å²) in [7, 11) is 1.57. The summed E-state index contributed by atoms with van der Waals surface area (Å²) in [6.07, 6.45) is -6.62. The Bertz CT molecular complexity index is 566. The molecule has 0 aliphatic carbocycles. The number of nitrogens with zero attached hydrogens (tertiary/aromatic N) is 1. The van der Waals surface area contributed by atoms with Gasteiger partial charge in [0.1, 0.15) is 5.75 Å². The number of primary amides is 1. The Kier molecular flexibility index (Phi) is 5.93. The van der Waals surface area contributed by atoms with Gasteiger partial charge in [-0.2, -0.15) is 13.2 Å². The van der Waals surface area contributed by atoms with Gasteiger partial charge in [0.05, 0.1) is 7.11 Å². The van der Waals surface area contributed by atoms with E-state index in [2.05, 4.69) is 4.74 Å². The smallest absolute Gasteiger partial charge is 0.426 e. The zero-order valence-electron chi connectivity index (χ0n) is 13.4. The monoisotopic (exact) mass is 346 g/mol. The first-order chi connectivity index (χ1) is 11.3.